The van der Waals surface area contributed by atoms with E-state index < -0.39 is 6.04 Å². The van der Waals surface area contributed by atoms with Gasteiger partial charge in [-0.15, -0.1) is 0 Å². The lowest BCUT2D eigenvalue weighted by atomic mass is 9.81. The zero-order valence-electron chi connectivity index (χ0n) is 18.0. The molecule has 5 heteroatoms. The van der Waals surface area contributed by atoms with Crippen LogP contribution in [0.25, 0.3) is 0 Å². The maximum atomic E-state index is 13.5. The van der Waals surface area contributed by atoms with Gasteiger partial charge in [-0.2, -0.15) is 0 Å². The molecule has 3 aliphatic rings. The van der Waals surface area contributed by atoms with E-state index in [4.69, 9.17) is 0 Å². The van der Waals surface area contributed by atoms with Crippen molar-refractivity contribution in [1.29, 1.82) is 0 Å². The highest BCUT2D eigenvalue weighted by Crippen LogP contribution is 2.56. The van der Waals surface area contributed by atoms with Gasteiger partial charge in [0.25, 0.3) is 0 Å². The Balaban J connectivity index is 1.46. The fourth-order valence-electron chi connectivity index (χ4n) is 6.15. The lowest BCUT2D eigenvalue weighted by Gasteiger charge is -2.27. The Bertz CT molecular complexity index is 1000. The second-order valence-corrected chi connectivity index (χ2v) is 9.50. The summed E-state index contributed by atoms with van der Waals surface area (Å²) >= 11 is 0. The van der Waals surface area contributed by atoms with Gasteiger partial charge in [0, 0.05) is 12.1 Å². The van der Waals surface area contributed by atoms with Gasteiger partial charge in [0.1, 0.15) is 6.04 Å². The summed E-state index contributed by atoms with van der Waals surface area (Å²) in [5.74, 6) is -0.426. The molecule has 0 spiro atoms. The number of carbonyl (C=O) groups is 3. The third-order valence-corrected chi connectivity index (χ3v) is 7.34. The Morgan fingerprint density at radius 3 is 2.13 bits per heavy atom. The van der Waals surface area contributed by atoms with E-state index in [1.165, 1.54) is 4.90 Å². The van der Waals surface area contributed by atoms with Crippen molar-refractivity contribution in [3.8, 4) is 0 Å². The van der Waals surface area contributed by atoms with Gasteiger partial charge in [-0.1, -0.05) is 36.4 Å². The monoisotopic (exact) mass is 416 g/mol. The third-order valence-electron chi connectivity index (χ3n) is 7.34. The molecule has 2 aliphatic carbocycles. The zero-order valence-corrected chi connectivity index (χ0v) is 18.0. The summed E-state index contributed by atoms with van der Waals surface area (Å²) in [4.78, 5) is 41.6. The van der Waals surface area contributed by atoms with Gasteiger partial charge in [0.15, 0.2) is 0 Å². The van der Waals surface area contributed by atoms with Crippen molar-refractivity contribution in [3.63, 3.8) is 0 Å². The van der Waals surface area contributed by atoms with E-state index in [9.17, 15) is 14.4 Å². The number of hydrogen-bond acceptors (Lipinski definition) is 3. The molecule has 0 radical (unpaired) electrons. The van der Waals surface area contributed by atoms with E-state index in [1.807, 2.05) is 62.4 Å². The first kappa shape index (κ1) is 20.0. The van der Waals surface area contributed by atoms with Crippen molar-refractivity contribution < 1.29 is 14.4 Å². The number of fused-ring (bicyclic) bond motifs is 5. The first-order valence-electron chi connectivity index (χ1n) is 11.2. The van der Waals surface area contributed by atoms with Gasteiger partial charge in [0.05, 0.1) is 11.8 Å². The average molecular weight is 417 g/mol. The lowest BCUT2D eigenvalue weighted by molar-refractivity contribution is -0.147. The SMILES string of the molecule is Cc1cc(C)cc(NC(=O)[C@H](Cc2ccccc2)N2C(=O)[C@@H]3[C@@H]4CC[C@H](C4)[C@@H]3C2=O)c1. The van der Waals surface area contributed by atoms with Crippen LogP contribution in [0.5, 0.6) is 0 Å². The maximum Gasteiger partial charge on any atom is 0.248 e. The number of hydrogen-bond donors (Lipinski definition) is 1. The molecule has 1 aliphatic heterocycles. The predicted octanol–water partition coefficient (Wildman–Crippen LogP) is 3.88. The van der Waals surface area contributed by atoms with E-state index in [-0.39, 0.29) is 29.6 Å². The topological polar surface area (TPSA) is 66.5 Å². The van der Waals surface area contributed by atoms with Crippen LogP contribution in [0.1, 0.15) is 36.0 Å². The number of anilines is 1. The van der Waals surface area contributed by atoms with Crippen molar-refractivity contribution in [1.82, 2.24) is 4.90 Å². The van der Waals surface area contributed by atoms with Crippen LogP contribution in [0.3, 0.4) is 0 Å². The average Bonchev–Trinajstić information content (AvgIpc) is 3.40. The molecule has 1 heterocycles. The zero-order chi connectivity index (χ0) is 21.7. The number of likely N-dealkylation sites (tertiary alicyclic amines) is 1. The summed E-state index contributed by atoms with van der Waals surface area (Å²) in [5, 5.41) is 2.98. The van der Waals surface area contributed by atoms with Gasteiger partial charge in [-0.25, -0.2) is 0 Å². The number of carbonyl (C=O) groups excluding carboxylic acids is 3. The van der Waals surface area contributed by atoms with E-state index >= 15 is 0 Å². The number of rotatable bonds is 5. The smallest absolute Gasteiger partial charge is 0.248 e. The van der Waals surface area contributed by atoms with Crippen LogP contribution in [0.4, 0.5) is 5.69 Å². The van der Waals surface area contributed by atoms with E-state index in [1.54, 1.807) is 0 Å². The molecule has 160 valence electrons. The first-order valence-corrected chi connectivity index (χ1v) is 11.2. The van der Waals surface area contributed by atoms with Crippen LogP contribution in [0.2, 0.25) is 0 Å². The molecule has 2 aromatic rings. The van der Waals surface area contributed by atoms with Crippen LogP contribution >= 0.6 is 0 Å². The van der Waals surface area contributed by atoms with Crippen molar-refractivity contribution in [2.45, 2.75) is 45.6 Å². The highest BCUT2D eigenvalue weighted by molar-refractivity contribution is 6.10. The molecule has 31 heavy (non-hydrogen) atoms. The van der Waals surface area contributed by atoms with E-state index in [2.05, 4.69) is 5.32 Å². The minimum atomic E-state index is -0.840. The summed E-state index contributed by atoms with van der Waals surface area (Å²) < 4.78 is 0. The first-order chi connectivity index (χ1) is 14.9. The Labute approximate surface area is 182 Å². The highest BCUT2D eigenvalue weighted by atomic mass is 16.2. The standard InChI is InChI=1S/C26H28N2O3/c1-15-10-16(2)12-20(11-15)27-24(29)21(13-17-6-4-3-5-7-17)28-25(30)22-18-8-9-19(14-18)23(22)26(28)31/h3-7,10-12,18-19,21-23H,8-9,13-14H2,1-2H3,(H,27,29)/t18-,19-,21+,22-,23+/m1/s1. The fraction of sp³-hybridized carbons (Fsp3) is 0.423. The Kier molecular flexibility index (Phi) is 4.92. The van der Waals surface area contributed by atoms with Gasteiger partial charge in [0.2, 0.25) is 17.7 Å². The number of imide groups is 1. The number of nitrogens with one attached hydrogen (secondary N) is 1. The van der Waals surface area contributed by atoms with Gasteiger partial charge < -0.3 is 5.32 Å². The van der Waals surface area contributed by atoms with Gasteiger partial charge in [-0.3, -0.25) is 19.3 Å². The molecule has 5 rings (SSSR count). The molecule has 0 aromatic heterocycles. The fourth-order valence-corrected chi connectivity index (χ4v) is 6.15. The van der Waals surface area contributed by atoms with E-state index in [0.29, 0.717) is 23.9 Å². The van der Waals surface area contributed by atoms with E-state index in [0.717, 1.165) is 36.0 Å². The third kappa shape index (κ3) is 3.46. The van der Waals surface area contributed by atoms with Crippen LogP contribution in [-0.4, -0.2) is 28.7 Å². The highest BCUT2D eigenvalue weighted by Gasteiger charge is 2.62. The van der Waals surface area contributed by atoms with Crippen molar-refractivity contribution in [3.05, 3.63) is 65.2 Å². The molecule has 2 bridgehead atoms. The van der Waals surface area contributed by atoms with Gasteiger partial charge in [-0.05, 0) is 73.8 Å². The Morgan fingerprint density at radius 2 is 1.55 bits per heavy atom. The van der Waals surface area contributed by atoms with Crippen LogP contribution in [0.15, 0.2) is 48.5 Å². The summed E-state index contributed by atoms with van der Waals surface area (Å²) in [6.07, 6.45) is 3.36. The molecule has 3 amide bonds. The molecule has 5 nitrogen and oxygen atoms in total. The molecule has 1 saturated heterocycles. The van der Waals surface area contributed by atoms with Crippen LogP contribution in [-0.2, 0) is 20.8 Å². The molecule has 1 N–H and O–H groups in total. The normalized spacial score (nSPS) is 27.5. The second-order valence-electron chi connectivity index (χ2n) is 9.50. The van der Waals surface area contributed by atoms with Crippen molar-refractivity contribution in [2.75, 3.05) is 5.32 Å². The summed E-state index contributed by atoms with van der Waals surface area (Å²) in [6.45, 7) is 3.96. The number of aryl methyl sites for hydroxylation is 2. The maximum absolute atomic E-state index is 13.5. The van der Waals surface area contributed by atoms with Crippen molar-refractivity contribution >= 4 is 23.4 Å². The molecule has 0 unspecified atom stereocenters. The molecular formula is C26H28N2O3. The second kappa shape index (κ2) is 7.63. The molecule has 2 saturated carbocycles. The minimum absolute atomic E-state index is 0.140. The van der Waals surface area contributed by atoms with Gasteiger partial charge >= 0.3 is 0 Å². The molecule has 3 fully saturated rings. The lowest BCUT2D eigenvalue weighted by Crippen LogP contribution is -2.49. The van der Waals surface area contributed by atoms with Crippen LogP contribution < -0.4 is 5.32 Å². The largest absolute Gasteiger partial charge is 0.324 e. The van der Waals surface area contributed by atoms with Crippen LogP contribution in [0, 0.1) is 37.5 Å². The minimum Gasteiger partial charge on any atom is -0.324 e. The Hall–Kier alpha value is -2.95. The number of amides is 3. The number of nitrogens with zero attached hydrogens (tertiary/aromatic N) is 1. The van der Waals surface area contributed by atoms with Crippen molar-refractivity contribution in [2.24, 2.45) is 23.7 Å². The summed E-state index contributed by atoms with van der Waals surface area (Å²) in [5.41, 5.74) is 3.73. The molecule has 5 atom stereocenters. The quantitative estimate of drug-likeness (QED) is 0.752. The Morgan fingerprint density at radius 1 is 0.968 bits per heavy atom. The predicted molar refractivity (Wildman–Crippen MR) is 118 cm³/mol. The molecule has 2 aromatic carbocycles. The summed E-state index contributed by atoms with van der Waals surface area (Å²) in [7, 11) is 0. The number of benzene rings is 2. The summed E-state index contributed by atoms with van der Waals surface area (Å²) in [6, 6.07) is 14.6. The molecular weight excluding hydrogens is 388 g/mol.